The molecule has 78 valence electrons. The second-order valence-corrected chi connectivity index (χ2v) is 3.99. The SMILES string of the molecule is CCC(C)(C#N)C(=O)N1CCC(O)C1. The molecule has 14 heavy (non-hydrogen) atoms. The molecule has 1 saturated heterocycles. The van der Waals surface area contributed by atoms with E-state index >= 15 is 0 Å². The standard InChI is InChI=1S/C10H16N2O2/c1-3-10(2,7-11)9(14)12-5-4-8(13)6-12/h8,13H,3-6H2,1-2H3. The largest absolute Gasteiger partial charge is 0.391 e. The van der Waals surface area contributed by atoms with Crippen LogP contribution in [0.3, 0.4) is 0 Å². The van der Waals surface area contributed by atoms with E-state index in [2.05, 4.69) is 0 Å². The quantitative estimate of drug-likeness (QED) is 0.700. The highest BCUT2D eigenvalue weighted by molar-refractivity contribution is 5.85. The van der Waals surface area contributed by atoms with Crippen LogP contribution in [0.5, 0.6) is 0 Å². The first-order chi connectivity index (χ1) is 6.53. The summed E-state index contributed by atoms with van der Waals surface area (Å²) in [5.74, 6) is -0.154. The van der Waals surface area contributed by atoms with Crippen LogP contribution in [0, 0.1) is 16.7 Å². The zero-order valence-corrected chi connectivity index (χ0v) is 8.66. The van der Waals surface area contributed by atoms with Gasteiger partial charge in [0, 0.05) is 13.1 Å². The first-order valence-electron chi connectivity index (χ1n) is 4.92. The molecule has 0 spiro atoms. The number of hydrogen-bond donors (Lipinski definition) is 1. The van der Waals surface area contributed by atoms with Crippen molar-refractivity contribution in [1.82, 2.24) is 4.90 Å². The Labute approximate surface area is 84.1 Å². The summed E-state index contributed by atoms with van der Waals surface area (Å²) in [6.45, 7) is 4.42. The van der Waals surface area contributed by atoms with Gasteiger partial charge in [0.2, 0.25) is 5.91 Å². The molecule has 1 aliphatic heterocycles. The number of aliphatic hydroxyl groups is 1. The first-order valence-corrected chi connectivity index (χ1v) is 4.92. The van der Waals surface area contributed by atoms with Crippen LogP contribution in [0.4, 0.5) is 0 Å². The van der Waals surface area contributed by atoms with Gasteiger partial charge in [-0.15, -0.1) is 0 Å². The van der Waals surface area contributed by atoms with Crippen molar-refractivity contribution >= 4 is 5.91 Å². The number of aliphatic hydroxyl groups excluding tert-OH is 1. The van der Waals surface area contributed by atoms with E-state index in [4.69, 9.17) is 5.26 Å². The van der Waals surface area contributed by atoms with Crippen LogP contribution in [0.15, 0.2) is 0 Å². The minimum Gasteiger partial charge on any atom is -0.391 e. The van der Waals surface area contributed by atoms with E-state index < -0.39 is 11.5 Å². The Morgan fingerprint density at radius 2 is 2.43 bits per heavy atom. The first kappa shape index (κ1) is 11.0. The van der Waals surface area contributed by atoms with Gasteiger partial charge >= 0.3 is 0 Å². The third kappa shape index (κ3) is 1.88. The van der Waals surface area contributed by atoms with Crippen molar-refractivity contribution in [2.24, 2.45) is 5.41 Å². The van der Waals surface area contributed by atoms with Crippen molar-refractivity contribution in [2.45, 2.75) is 32.8 Å². The average Bonchev–Trinajstić information content (AvgIpc) is 2.62. The van der Waals surface area contributed by atoms with Crippen LogP contribution in [-0.2, 0) is 4.79 Å². The molecule has 4 heteroatoms. The maximum absolute atomic E-state index is 11.9. The van der Waals surface area contributed by atoms with Crippen molar-refractivity contribution in [3.05, 3.63) is 0 Å². The molecule has 0 bridgehead atoms. The van der Waals surface area contributed by atoms with Crippen LogP contribution in [-0.4, -0.2) is 35.1 Å². The molecule has 1 rings (SSSR count). The molecule has 0 saturated carbocycles. The monoisotopic (exact) mass is 196 g/mol. The second-order valence-electron chi connectivity index (χ2n) is 3.99. The third-order valence-corrected chi connectivity index (χ3v) is 2.88. The van der Waals surface area contributed by atoms with Crippen LogP contribution in [0.25, 0.3) is 0 Å². The van der Waals surface area contributed by atoms with E-state index in [1.54, 1.807) is 11.8 Å². The van der Waals surface area contributed by atoms with E-state index in [1.807, 2.05) is 13.0 Å². The van der Waals surface area contributed by atoms with Gasteiger partial charge in [-0.25, -0.2) is 0 Å². The molecule has 1 N–H and O–H groups in total. The van der Waals surface area contributed by atoms with Gasteiger partial charge in [-0.3, -0.25) is 4.79 Å². The number of amides is 1. The van der Waals surface area contributed by atoms with E-state index in [0.29, 0.717) is 25.9 Å². The number of nitrogens with zero attached hydrogens (tertiary/aromatic N) is 2. The summed E-state index contributed by atoms with van der Waals surface area (Å²) in [5.41, 5.74) is -0.927. The van der Waals surface area contributed by atoms with Crippen molar-refractivity contribution in [2.75, 3.05) is 13.1 Å². The van der Waals surface area contributed by atoms with Gasteiger partial charge in [0.25, 0.3) is 0 Å². The fraction of sp³-hybridized carbons (Fsp3) is 0.800. The zero-order valence-electron chi connectivity index (χ0n) is 8.66. The van der Waals surface area contributed by atoms with Crippen molar-refractivity contribution in [3.8, 4) is 6.07 Å². The highest BCUT2D eigenvalue weighted by Crippen LogP contribution is 2.25. The number of likely N-dealkylation sites (tertiary alicyclic amines) is 1. The molecule has 1 aliphatic rings. The number of nitriles is 1. The second kappa shape index (κ2) is 3.97. The Hall–Kier alpha value is -1.08. The highest BCUT2D eigenvalue weighted by Gasteiger charge is 2.37. The summed E-state index contributed by atoms with van der Waals surface area (Å²) in [7, 11) is 0. The van der Waals surface area contributed by atoms with Gasteiger partial charge in [-0.1, -0.05) is 6.92 Å². The number of carbonyl (C=O) groups excluding carboxylic acids is 1. The number of rotatable bonds is 2. The fourth-order valence-corrected chi connectivity index (χ4v) is 1.55. The van der Waals surface area contributed by atoms with E-state index in [0.717, 1.165) is 0 Å². The lowest BCUT2D eigenvalue weighted by atomic mass is 9.88. The van der Waals surface area contributed by atoms with Gasteiger partial charge in [0.05, 0.1) is 12.2 Å². The molecule has 1 fully saturated rings. The smallest absolute Gasteiger partial charge is 0.242 e. The van der Waals surface area contributed by atoms with Crippen molar-refractivity contribution in [3.63, 3.8) is 0 Å². The number of carbonyl (C=O) groups is 1. The zero-order chi connectivity index (χ0) is 10.8. The lowest BCUT2D eigenvalue weighted by Crippen LogP contribution is -2.40. The normalized spacial score (nSPS) is 25.6. The molecule has 0 radical (unpaired) electrons. The molecule has 0 aliphatic carbocycles. The Morgan fingerprint density at radius 3 is 2.79 bits per heavy atom. The Bertz CT molecular complexity index is 272. The fourth-order valence-electron chi connectivity index (χ4n) is 1.55. The molecule has 0 aromatic carbocycles. The predicted molar refractivity (Wildman–Crippen MR) is 51.2 cm³/mol. The van der Waals surface area contributed by atoms with Gasteiger partial charge in [-0.2, -0.15) is 5.26 Å². The van der Waals surface area contributed by atoms with Gasteiger partial charge < -0.3 is 10.0 Å². The van der Waals surface area contributed by atoms with Crippen molar-refractivity contribution < 1.29 is 9.90 Å². The maximum Gasteiger partial charge on any atom is 0.242 e. The molecule has 4 nitrogen and oxygen atoms in total. The summed E-state index contributed by atoms with van der Waals surface area (Å²) in [6, 6.07) is 2.05. The summed E-state index contributed by atoms with van der Waals surface area (Å²) >= 11 is 0. The minimum atomic E-state index is -0.927. The Kier molecular flexibility index (Phi) is 3.12. The topological polar surface area (TPSA) is 64.3 Å². The van der Waals surface area contributed by atoms with E-state index in [-0.39, 0.29) is 5.91 Å². The lowest BCUT2D eigenvalue weighted by Gasteiger charge is -2.25. The van der Waals surface area contributed by atoms with Gasteiger partial charge in [-0.05, 0) is 19.8 Å². The van der Waals surface area contributed by atoms with Crippen LogP contribution >= 0.6 is 0 Å². The summed E-state index contributed by atoms with van der Waals surface area (Å²) < 4.78 is 0. The van der Waals surface area contributed by atoms with Crippen molar-refractivity contribution in [1.29, 1.82) is 5.26 Å². The Balaban J connectivity index is 2.70. The molecule has 0 aromatic rings. The molecular formula is C10H16N2O2. The lowest BCUT2D eigenvalue weighted by molar-refractivity contribution is -0.137. The molecule has 1 heterocycles. The van der Waals surface area contributed by atoms with E-state index in [9.17, 15) is 9.90 Å². The molecule has 2 unspecified atom stereocenters. The van der Waals surface area contributed by atoms with Gasteiger partial charge in [0.1, 0.15) is 5.41 Å². The minimum absolute atomic E-state index is 0.154. The Morgan fingerprint density at radius 1 is 1.79 bits per heavy atom. The van der Waals surface area contributed by atoms with Crippen LogP contribution in [0.2, 0.25) is 0 Å². The average molecular weight is 196 g/mol. The molecule has 2 atom stereocenters. The molecule has 0 aromatic heterocycles. The maximum atomic E-state index is 11.9. The van der Waals surface area contributed by atoms with E-state index in [1.165, 1.54) is 0 Å². The highest BCUT2D eigenvalue weighted by atomic mass is 16.3. The third-order valence-electron chi connectivity index (χ3n) is 2.88. The summed E-state index contributed by atoms with van der Waals surface area (Å²) in [6.07, 6.45) is 0.713. The summed E-state index contributed by atoms with van der Waals surface area (Å²) in [4.78, 5) is 13.4. The number of hydrogen-bond acceptors (Lipinski definition) is 3. The van der Waals surface area contributed by atoms with Gasteiger partial charge in [0.15, 0.2) is 0 Å². The molecule has 1 amide bonds. The van der Waals surface area contributed by atoms with Crippen LogP contribution in [0.1, 0.15) is 26.7 Å². The number of β-amino-alcohol motifs (C(OH)–C–C–N with tert-alkyl or cyclic N) is 1. The summed E-state index contributed by atoms with van der Waals surface area (Å²) in [5, 5.41) is 18.2. The molecular weight excluding hydrogens is 180 g/mol. The van der Waals surface area contributed by atoms with Crippen LogP contribution < -0.4 is 0 Å². The predicted octanol–water partition coefficient (Wildman–Crippen LogP) is 0.519.